The van der Waals surface area contributed by atoms with E-state index in [-0.39, 0.29) is 18.4 Å². The van der Waals surface area contributed by atoms with Crippen molar-refractivity contribution in [2.75, 3.05) is 25.9 Å². The molecule has 0 aliphatic rings. The van der Waals surface area contributed by atoms with Crippen molar-refractivity contribution in [2.45, 2.75) is 13.8 Å². The van der Waals surface area contributed by atoms with E-state index in [0.717, 1.165) is 5.56 Å². The summed E-state index contributed by atoms with van der Waals surface area (Å²) in [6.45, 7) is 4.70. The number of amides is 2. The summed E-state index contributed by atoms with van der Waals surface area (Å²) in [6, 6.07) is 7.20. The van der Waals surface area contributed by atoms with Gasteiger partial charge in [0.1, 0.15) is 0 Å². The fraction of sp³-hybridized carbons (Fsp3) is 0.375. The number of carbonyl (C=O) groups is 2. The molecule has 0 heterocycles. The molecule has 0 radical (unpaired) electrons. The molecule has 3 N–H and O–H groups in total. The summed E-state index contributed by atoms with van der Waals surface area (Å²) in [7, 11) is 1.60. The predicted molar refractivity (Wildman–Crippen MR) is 85.4 cm³/mol. The first-order valence-corrected chi connectivity index (χ1v) is 6.94. The smallest absolute Gasteiger partial charge is 0.246 e. The third kappa shape index (κ3) is 6.61. The van der Waals surface area contributed by atoms with Crippen LogP contribution in [0.15, 0.2) is 30.3 Å². The SMILES string of the molecule is CC(C)CNC(=O)CN(C)C(=O)/C=C/c1ccc(N)cc1. The van der Waals surface area contributed by atoms with Gasteiger partial charge >= 0.3 is 0 Å². The van der Waals surface area contributed by atoms with E-state index in [9.17, 15) is 9.59 Å². The Morgan fingerprint density at radius 2 is 1.90 bits per heavy atom. The van der Waals surface area contributed by atoms with Gasteiger partial charge in [-0.2, -0.15) is 0 Å². The van der Waals surface area contributed by atoms with Crippen LogP contribution in [0.4, 0.5) is 5.69 Å². The van der Waals surface area contributed by atoms with Crippen molar-refractivity contribution in [3.8, 4) is 0 Å². The van der Waals surface area contributed by atoms with Crippen LogP contribution >= 0.6 is 0 Å². The molecule has 0 fully saturated rings. The van der Waals surface area contributed by atoms with E-state index in [1.54, 1.807) is 25.3 Å². The minimum atomic E-state index is -0.216. The molecule has 0 saturated carbocycles. The Labute approximate surface area is 125 Å². The molecule has 1 rings (SSSR count). The molecule has 0 aliphatic heterocycles. The van der Waals surface area contributed by atoms with Crippen LogP contribution < -0.4 is 11.1 Å². The van der Waals surface area contributed by atoms with E-state index in [0.29, 0.717) is 18.2 Å². The molecular weight excluding hydrogens is 266 g/mol. The highest BCUT2D eigenvalue weighted by molar-refractivity contribution is 5.94. The van der Waals surface area contributed by atoms with Crippen molar-refractivity contribution in [1.82, 2.24) is 10.2 Å². The topological polar surface area (TPSA) is 75.4 Å². The first kappa shape index (κ1) is 16.8. The van der Waals surface area contributed by atoms with E-state index in [1.807, 2.05) is 26.0 Å². The normalized spacial score (nSPS) is 10.9. The number of anilines is 1. The van der Waals surface area contributed by atoms with Gasteiger partial charge in [0.05, 0.1) is 6.54 Å². The fourth-order valence-electron chi connectivity index (χ4n) is 1.57. The highest BCUT2D eigenvalue weighted by Gasteiger charge is 2.10. The molecule has 0 unspecified atom stereocenters. The molecule has 0 aliphatic carbocycles. The molecule has 0 bridgehead atoms. The van der Waals surface area contributed by atoms with Gasteiger partial charge in [0.15, 0.2) is 0 Å². The van der Waals surface area contributed by atoms with Crippen LogP contribution in [0.1, 0.15) is 19.4 Å². The molecular formula is C16H23N3O2. The Morgan fingerprint density at radius 3 is 2.48 bits per heavy atom. The second-order valence-corrected chi connectivity index (χ2v) is 5.39. The summed E-state index contributed by atoms with van der Waals surface area (Å²) >= 11 is 0. The van der Waals surface area contributed by atoms with Gasteiger partial charge in [-0.15, -0.1) is 0 Å². The summed E-state index contributed by atoms with van der Waals surface area (Å²) in [5.41, 5.74) is 7.15. The Kier molecular flexibility index (Phi) is 6.46. The highest BCUT2D eigenvalue weighted by Crippen LogP contribution is 2.07. The average Bonchev–Trinajstić information content (AvgIpc) is 2.44. The largest absolute Gasteiger partial charge is 0.399 e. The van der Waals surface area contributed by atoms with Crippen LogP contribution in [0.5, 0.6) is 0 Å². The third-order valence-electron chi connectivity index (χ3n) is 2.82. The van der Waals surface area contributed by atoms with E-state index in [2.05, 4.69) is 5.32 Å². The van der Waals surface area contributed by atoms with Crippen LogP contribution in [0.3, 0.4) is 0 Å². The third-order valence-corrected chi connectivity index (χ3v) is 2.82. The summed E-state index contributed by atoms with van der Waals surface area (Å²) in [4.78, 5) is 24.9. The summed E-state index contributed by atoms with van der Waals surface area (Å²) < 4.78 is 0. The number of hydrogen-bond acceptors (Lipinski definition) is 3. The number of nitrogens with two attached hydrogens (primary N) is 1. The van der Waals surface area contributed by atoms with Gasteiger partial charge in [-0.25, -0.2) is 0 Å². The first-order chi connectivity index (χ1) is 9.88. The lowest BCUT2D eigenvalue weighted by molar-refractivity contribution is -0.131. The van der Waals surface area contributed by atoms with Crippen molar-refractivity contribution < 1.29 is 9.59 Å². The molecule has 1 aromatic carbocycles. The van der Waals surface area contributed by atoms with Gasteiger partial charge in [-0.1, -0.05) is 26.0 Å². The molecule has 5 heteroatoms. The monoisotopic (exact) mass is 289 g/mol. The Balaban J connectivity index is 2.47. The maximum absolute atomic E-state index is 11.9. The van der Waals surface area contributed by atoms with E-state index < -0.39 is 0 Å². The molecule has 21 heavy (non-hydrogen) atoms. The Bertz CT molecular complexity index is 507. The van der Waals surface area contributed by atoms with Gasteiger partial charge in [-0.05, 0) is 29.7 Å². The quantitative estimate of drug-likeness (QED) is 0.616. The lowest BCUT2D eigenvalue weighted by Gasteiger charge is -2.15. The minimum Gasteiger partial charge on any atom is -0.399 e. The maximum atomic E-state index is 11.9. The number of nitrogens with zero attached hydrogens (tertiary/aromatic N) is 1. The van der Waals surface area contributed by atoms with Gasteiger partial charge in [0, 0.05) is 25.4 Å². The first-order valence-electron chi connectivity index (χ1n) is 6.94. The summed E-state index contributed by atoms with van der Waals surface area (Å²) in [5, 5.41) is 2.78. The zero-order valence-corrected chi connectivity index (χ0v) is 12.8. The molecule has 114 valence electrons. The molecule has 0 spiro atoms. The van der Waals surface area contributed by atoms with Crippen molar-refractivity contribution in [1.29, 1.82) is 0 Å². The molecule has 0 aromatic heterocycles. The van der Waals surface area contributed by atoms with Crippen LogP contribution in [-0.2, 0) is 9.59 Å². The van der Waals surface area contributed by atoms with Crippen molar-refractivity contribution in [2.24, 2.45) is 5.92 Å². The number of carbonyl (C=O) groups excluding carboxylic acids is 2. The number of likely N-dealkylation sites (N-methyl/N-ethyl adjacent to an activating group) is 1. The number of hydrogen-bond donors (Lipinski definition) is 2. The molecule has 2 amide bonds. The minimum absolute atomic E-state index is 0.0532. The maximum Gasteiger partial charge on any atom is 0.246 e. The average molecular weight is 289 g/mol. The zero-order valence-electron chi connectivity index (χ0n) is 12.8. The van der Waals surface area contributed by atoms with Crippen LogP contribution in [-0.4, -0.2) is 36.9 Å². The van der Waals surface area contributed by atoms with Gasteiger partial charge in [-0.3, -0.25) is 9.59 Å². The zero-order chi connectivity index (χ0) is 15.8. The summed E-state index contributed by atoms with van der Waals surface area (Å²) in [5.74, 6) is 0.0207. The summed E-state index contributed by atoms with van der Waals surface area (Å²) in [6.07, 6.45) is 3.14. The highest BCUT2D eigenvalue weighted by atomic mass is 16.2. The Morgan fingerprint density at radius 1 is 1.29 bits per heavy atom. The van der Waals surface area contributed by atoms with E-state index in [4.69, 9.17) is 5.73 Å². The van der Waals surface area contributed by atoms with E-state index >= 15 is 0 Å². The van der Waals surface area contributed by atoms with Crippen molar-refractivity contribution in [3.05, 3.63) is 35.9 Å². The Hall–Kier alpha value is -2.30. The van der Waals surface area contributed by atoms with Crippen molar-refractivity contribution in [3.63, 3.8) is 0 Å². The molecule has 0 atom stereocenters. The van der Waals surface area contributed by atoms with Gasteiger partial charge in [0.25, 0.3) is 0 Å². The number of benzene rings is 1. The lowest BCUT2D eigenvalue weighted by atomic mass is 10.2. The van der Waals surface area contributed by atoms with Crippen LogP contribution in [0.2, 0.25) is 0 Å². The number of nitrogens with one attached hydrogen (secondary N) is 1. The van der Waals surface area contributed by atoms with E-state index in [1.165, 1.54) is 11.0 Å². The number of nitrogen functional groups attached to an aromatic ring is 1. The fourth-order valence-corrected chi connectivity index (χ4v) is 1.57. The second kappa shape index (κ2) is 8.09. The predicted octanol–water partition coefficient (Wildman–Crippen LogP) is 1.51. The van der Waals surface area contributed by atoms with Gasteiger partial charge in [0.2, 0.25) is 11.8 Å². The van der Waals surface area contributed by atoms with Crippen LogP contribution in [0.25, 0.3) is 6.08 Å². The standard InChI is InChI=1S/C16H23N3O2/c1-12(2)10-18-15(20)11-19(3)16(21)9-6-13-4-7-14(17)8-5-13/h4-9,12H,10-11,17H2,1-3H3,(H,18,20)/b9-6+. The molecule has 1 aromatic rings. The van der Waals surface area contributed by atoms with Crippen molar-refractivity contribution >= 4 is 23.6 Å². The lowest BCUT2D eigenvalue weighted by Crippen LogP contribution is -2.38. The molecule has 5 nitrogen and oxygen atoms in total. The second-order valence-electron chi connectivity index (χ2n) is 5.39. The molecule has 0 saturated heterocycles. The van der Waals surface area contributed by atoms with Gasteiger partial charge < -0.3 is 16.0 Å². The van der Waals surface area contributed by atoms with Crippen LogP contribution in [0, 0.1) is 5.92 Å². The number of rotatable bonds is 6.